The van der Waals surface area contributed by atoms with Gasteiger partial charge in [-0.1, -0.05) is 11.6 Å². The Labute approximate surface area is 136 Å². The SMILES string of the molecule is Nc1ccc(Oc2ccc(OC(F)(F)F)cc2Cl)c(C(F)(F)F)c1. The summed E-state index contributed by atoms with van der Waals surface area (Å²) >= 11 is 5.73. The second kappa shape index (κ2) is 6.31. The van der Waals surface area contributed by atoms with Crippen LogP contribution in [0.4, 0.5) is 32.0 Å². The van der Waals surface area contributed by atoms with E-state index in [4.69, 9.17) is 22.1 Å². The maximum absolute atomic E-state index is 13.0. The van der Waals surface area contributed by atoms with E-state index in [1.54, 1.807) is 0 Å². The van der Waals surface area contributed by atoms with E-state index < -0.39 is 29.6 Å². The molecule has 0 radical (unpaired) electrons. The second-order valence-corrected chi connectivity index (χ2v) is 4.90. The van der Waals surface area contributed by atoms with Crippen molar-refractivity contribution in [2.75, 3.05) is 5.73 Å². The average Bonchev–Trinajstić information content (AvgIpc) is 2.40. The molecule has 24 heavy (non-hydrogen) atoms. The van der Waals surface area contributed by atoms with Crippen molar-refractivity contribution < 1.29 is 35.8 Å². The van der Waals surface area contributed by atoms with Gasteiger partial charge in [0.15, 0.2) is 0 Å². The maximum atomic E-state index is 13.0. The first kappa shape index (κ1) is 18.1. The van der Waals surface area contributed by atoms with Crippen molar-refractivity contribution in [1.82, 2.24) is 0 Å². The van der Waals surface area contributed by atoms with Gasteiger partial charge in [0.05, 0.1) is 5.02 Å². The van der Waals surface area contributed by atoms with E-state index in [0.717, 1.165) is 24.3 Å². The molecule has 0 amide bonds. The maximum Gasteiger partial charge on any atom is 0.573 e. The Kier molecular flexibility index (Phi) is 4.75. The van der Waals surface area contributed by atoms with Crippen LogP contribution in [0.2, 0.25) is 5.02 Å². The first-order chi connectivity index (χ1) is 11.0. The summed E-state index contributed by atoms with van der Waals surface area (Å²) in [6.45, 7) is 0. The van der Waals surface area contributed by atoms with Gasteiger partial charge in [0.25, 0.3) is 0 Å². The van der Waals surface area contributed by atoms with Crippen molar-refractivity contribution in [3.8, 4) is 17.2 Å². The van der Waals surface area contributed by atoms with E-state index in [1.807, 2.05) is 0 Å². The van der Waals surface area contributed by atoms with Crippen LogP contribution in [-0.4, -0.2) is 6.36 Å². The Balaban J connectivity index is 2.32. The Hall–Kier alpha value is -2.29. The molecule has 130 valence electrons. The van der Waals surface area contributed by atoms with Crippen molar-refractivity contribution in [1.29, 1.82) is 0 Å². The first-order valence-corrected chi connectivity index (χ1v) is 6.53. The van der Waals surface area contributed by atoms with E-state index in [2.05, 4.69) is 4.74 Å². The predicted octanol–water partition coefficient (Wildman–Crippen LogP) is 5.63. The summed E-state index contributed by atoms with van der Waals surface area (Å²) in [4.78, 5) is 0. The number of hydrogen-bond acceptors (Lipinski definition) is 3. The molecule has 0 heterocycles. The van der Waals surface area contributed by atoms with Crippen molar-refractivity contribution in [2.24, 2.45) is 0 Å². The number of anilines is 1. The molecule has 0 spiro atoms. The molecule has 0 aromatic heterocycles. The molecule has 10 heteroatoms. The van der Waals surface area contributed by atoms with Crippen LogP contribution in [0.5, 0.6) is 17.2 Å². The molecule has 2 N–H and O–H groups in total. The summed E-state index contributed by atoms with van der Waals surface area (Å²) in [6.07, 6.45) is -9.66. The zero-order chi connectivity index (χ0) is 18.1. The highest BCUT2D eigenvalue weighted by Gasteiger charge is 2.35. The van der Waals surface area contributed by atoms with Crippen LogP contribution in [0.1, 0.15) is 5.56 Å². The largest absolute Gasteiger partial charge is 0.573 e. The Bertz CT molecular complexity index is 745. The van der Waals surface area contributed by atoms with Crippen LogP contribution in [0.25, 0.3) is 0 Å². The normalized spacial score (nSPS) is 12.1. The molecule has 0 bridgehead atoms. The number of benzene rings is 2. The van der Waals surface area contributed by atoms with Crippen LogP contribution in [0, 0.1) is 0 Å². The molecule has 2 aromatic rings. The zero-order valence-electron chi connectivity index (χ0n) is 11.5. The molecule has 0 aliphatic heterocycles. The fraction of sp³-hybridized carbons (Fsp3) is 0.143. The van der Waals surface area contributed by atoms with Gasteiger partial charge in [0.1, 0.15) is 22.8 Å². The average molecular weight is 372 g/mol. The van der Waals surface area contributed by atoms with Crippen LogP contribution >= 0.6 is 11.6 Å². The van der Waals surface area contributed by atoms with Gasteiger partial charge < -0.3 is 15.2 Å². The van der Waals surface area contributed by atoms with Crippen LogP contribution in [0.15, 0.2) is 36.4 Å². The van der Waals surface area contributed by atoms with Gasteiger partial charge in [-0.15, -0.1) is 13.2 Å². The minimum atomic E-state index is -4.92. The van der Waals surface area contributed by atoms with Gasteiger partial charge in [0, 0.05) is 11.8 Å². The summed E-state index contributed by atoms with van der Waals surface area (Å²) in [7, 11) is 0. The number of nitrogen functional groups attached to an aromatic ring is 1. The topological polar surface area (TPSA) is 44.5 Å². The Morgan fingerprint density at radius 2 is 1.50 bits per heavy atom. The van der Waals surface area contributed by atoms with E-state index in [-0.39, 0.29) is 16.5 Å². The van der Waals surface area contributed by atoms with Gasteiger partial charge in [-0.3, -0.25) is 0 Å². The van der Waals surface area contributed by atoms with E-state index in [0.29, 0.717) is 6.07 Å². The third-order valence-corrected chi connectivity index (χ3v) is 2.96. The van der Waals surface area contributed by atoms with Gasteiger partial charge in [-0.05, 0) is 30.3 Å². The molecule has 0 aliphatic rings. The third kappa shape index (κ3) is 4.60. The molecule has 0 saturated carbocycles. The molecule has 0 aliphatic carbocycles. The summed E-state index contributed by atoms with van der Waals surface area (Å²) in [6, 6.07) is 5.42. The molecule has 2 rings (SSSR count). The first-order valence-electron chi connectivity index (χ1n) is 6.15. The molecule has 0 atom stereocenters. The van der Waals surface area contributed by atoms with Crippen LogP contribution in [0.3, 0.4) is 0 Å². The molecular formula is C14H8ClF6NO2. The van der Waals surface area contributed by atoms with Crippen molar-refractivity contribution >= 4 is 17.3 Å². The lowest BCUT2D eigenvalue weighted by Crippen LogP contribution is -2.17. The second-order valence-electron chi connectivity index (χ2n) is 4.50. The van der Waals surface area contributed by atoms with E-state index >= 15 is 0 Å². The summed E-state index contributed by atoms with van der Waals surface area (Å²) < 4.78 is 83.9. The molecule has 2 aromatic carbocycles. The lowest BCUT2D eigenvalue weighted by molar-refractivity contribution is -0.274. The number of hydrogen-bond donors (Lipinski definition) is 1. The minimum Gasteiger partial charge on any atom is -0.455 e. The van der Waals surface area contributed by atoms with Crippen molar-refractivity contribution in [2.45, 2.75) is 12.5 Å². The molecule has 0 unspecified atom stereocenters. The monoisotopic (exact) mass is 371 g/mol. The van der Waals surface area contributed by atoms with Crippen LogP contribution in [-0.2, 0) is 6.18 Å². The summed E-state index contributed by atoms with van der Waals surface area (Å²) in [5, 5.41) is -0.360. The number of halogens is 7. The van der Waals surface area contributed by atoms with Gasteiger partial charge in [0.2, 0.25) is 0 Å². The van der Waals surface area contributed by atoms with Gasteiger partial charge in [-0.25, -0.2) is 0 Å². The van der Waals surface area contributed by atoms with Crippen LogP contribution < -0.4 is 15.2 Å². The fourth-order valence-corrected chi connectivity index (χ4v) is 1.95. The molecule has 3 nitrogen and oxygen atoms in total. The van der Waals surface area contributed by atoms with Gasteiger partial charge in [-0.2, -0.15) is 13.2 Å². The third-order valence-electron chi connectivity index (χ3n) is 2.67. The zero-order valence-corrected chi connectivity index (χ0v) is 12.3. The highest BCUT2D eigenvalue weighted by atomic mass is 35.5. The molecule has 0 saturated heterocycles. The smallest absolute Gasteiger partial charge is 0.455 e. The molecule has 0 fully saturated rings. The quantitative estimate of drug-likeness (QED) is 0.561. The highest BCUT2D eigenvalue weighted by Crippen LogP contribution is 2.41. The molecular weight excluding hydrogens is 364 g/mol. The number of nitrogens with two attached hydrogens (primary N) is 1. The predicted molar refractivity (Wildman–Crippen MR) is 74.1 cm³/mol. The fourth-order valence-electron chi connectivity index (χ4n) is 1.74. The van der Waals surface area contributed by atoms with Crippen molar-refractivity contribution in [3.05, 3.63) is 47.0 Å². The number of rotatable bonds is 3. The summed E-state index contributed by atoms with van der Waals surface area (Å²) in [5.41, 5.74) is 4.05. The minimum absolute atomic E-state index is 0.130. The summed E-state index contributed by atoms with van der Waals surface area (Å²) in [5.74, 6) is -1.50. The Morgan fingerprint density at radius 3 is 2.04 bits per heavy atom. The standard InChI is InChI=1S/C14H8ClF6NO2/c15-10-6-8(24-14(19,20)21)2-4-12(10)23-11-3-1-7(22)5-9(11)13(16,17)18/h1-6H,22H2. The van der Waals surface area contributed by atoms with E-state index in [1.165, 1.54) is 6.07 Å². The number of ether oxygens (including phenoxy) is 2. The van der Waals surface area contributed by atoms with Gasteiger partial charge >= 0.3 is 12.5 Å². The van der Waals surface area contributed by atoms with Crippen molar-refractivity contribution in [3.63, 3.8) is 0 Å². The lowest BCUT2D eigenvalue weighted by Gasteiger charge is -2.16. The lowest BCUT2D eigenvalue weighted by atomic mass is 10.1. The highest BCUT2D eigenvalue weighted by molar-refractivity contribution is 6.32. The van der Waals surface area contributed by atoms with E-state index in [9.17, 15) is 26.3 Å². The Morgan fingerprint density at radius 1 is 0.875 bits per heavy atom. The number of alkyl halides is 6.